The Morgan fingerprint density at radius 2 is 2.16 bits per heavy atom. The molecule has 8 nitrogen and oxygen atoms in total. The van der Waals surface area contributed by atoms with Crippen LogP contribution in [0.3, 0.4) is 0 Å². The highest BCUT2D eigenvalue weighted by molar-refractivity contribution is 5.92. The van der Waals surface area contributed by atoms with Crippen molar-refractivity contribution in [2.45, 2.75) is 44.4 Å². The van der Waals surface area contributed by atoms with Gasteiger partial charge in [0.1, 0.15) is 6.54 Å². The van der Waals surface area contributed by atoms with E-state index < -0.39 is 18.0 Å². The number of aliphatic carboxylic acids is 1. The maximum Gasteiger partial charge on any atom is 0.325 e. The molecule has 0 aromatic carbocycles. The molecule has 1 amide bonds. The minimum Gasteiger partial charge on any atom is -0.480 e. The molecule has 3 N–H and O–H groups in total. The number of rotatable bonds is 4. The van der Waals surface area contributed by atoms with E-state index in [-0.39, 0.29) is 18.3 Å². The third kappa shape index (κ3) is 3.50. The number of hydrogen-bond donors (Lipinski definition) is 3. The SMILES string of the molecule is O=C(O)Cn1cc(C(=O)NC2CCCCC2O)nn1. The highest BCUT2D eigenvalue weighted by Gasteiger charge is 2.25. The standard InChI is InChI=1S/C11H16N4O4/c16-9-4-2-1-3-7(9)12-11(19)8-5-15(14-13-8)6-10(17)18/h5,7,9,16H,1-4,6H2,(H,12,19)(H,17,18). The molecule has 1 aliphatic carbocycles. The van der Waals surface area contributed by atoms with E-state index in [1.807, 2.05) is 0 Å². The smallest absolute Gasteiger partial charge is 0.325 e. The highest BCUT2D eigenvalue weighted by atomic mass is 16.4. The number of carbonyl (C=O) groups excluding carboxylic acids is 1. The minimum atomic E-state index is -1.06. The van der Waals surface area contributed by atoms with Crippen LogP contribution in [0.25, 0.3) is 0 Å². The number of hydrogen-bond acceptors (Lipinski definition) is 5. The van der Waals surface area contributed by atoms with Crippen molar-refractivity contribution in [1.82, 2.24) is 20.3 Å². The second-order valence-electron chi connectivity index (χ2n) is 4.63. The van der Waals surface area contributed by atoms with Crippen LogP contribution in [0.15, 0.2) is 6.20 Å². The fourth-order valence-corrected chi connectivity index (χ4v) is 2.14. The lowest BCUT2D eigenvalue weighted by molar-refractivity contribution is -0.137. The second kappa shape index (κ2) is 5.79. The van der Waals surface area contributed by atoms with Gasteiger partial charge in [-0.3, -0.25) is 9.59 Å². The summed E-state index contributed by atoms with van der Waals surface area (Å²) in [7, 11) is 0. The topological polar surface area (TPSA) is 117 Å². The predicted octanol–water partition coefficient (Wildman–Crippen LogP) is -0.604. The predicted molar refractivity (Wildman–Crippen MR) is 63.4 cm³/mol. The summed E-state index contributed by atoms with van der Waals surface area (Å²) in [5.74, 6) is -1.50. The van der Waals surface area contributed by atoms with E-state index in [2.05, 4.69) is 15.6 Å². The molecule has 1 aromatic rings. The Labute approximate surface area is 109 Å². The Bertz CT molecular complexity index is 473. The van der Waals surface area contributed by atoms with Gasteiger partial charge in [-0.25, -0.2) is 4.68 Å². The molecule has 8 heteroatoms. The zero-order valence-electron chi connectivity index (χ0n) is 10.3. The van der Waals surface area contributed by atoms with Crippen molar-refractivity contribution >= 4 is 11.9 Å². The van der Waals surface area contributed by atoms with Crippen molar-refractivity contribution in [3.8, 4) is 0 Å². The van der Waals surface area contributed by atoms with Crippen LogP contribution in [-0.4, -0.2) is 49.2 Å². The first-order chi connectivity index (χ1) is 9.06. The molecule has 0 saturated heterocycles. The Hall–Kier alpha value is -1.96. The summed E-state index contributed by atoms with van der Waals surface area (Å²) < 4.78 is 1.08. The molecule has 1 aliphatic rings. The number of carbonyl (C=O) groups is 2. The fourth-order valence-electron chi connectivity index (χ4n) is 2.14. The Morgan fingerprint density at radius 3 is 2.84 bits per heavy atom. The average Bonchev–Trinajstić information content (AvgIpc) is 2.79. The lowest BCUT2D eigenvalue weighted by atomic mass is 9.92. The van der Waals surface area contributed by atoms with E-state index in [1.54, 1.807) is 0 Å². The number of carboxylic acid groups (broad SMARTS) is 1. The zero-order chi connectivity index (χ0) is 13.8. The Morgan fingerprint density at radius 1 is 1.42 bits per heavy atom. The van der Waals surface area contributed by atoms with Crippen molar-refractivity contribution in [1.29, 1.82) is 0 Å². The fraction of sp³-hybridized carbons (Fsp3) is 0.636. The van der Waals surface area contributed by atoms with Crippen LogP contribution in [0.2, 0.25) is 0 Å². The number of amides is 1. The van der Waals surface area contributed by atoms with E-state index in [1.165, 1.54) is 6.20 Å². The van der Waals surface area contributed by atoms with Crippen LogP contribution < -0.4 is 5.32 Å². The van der Waals surface area contributed by atoms with Crippen molar-refractivity contribution in [2.24, 2.45) is 0 Å². The van der Waals surface area contributed by atoms with Gasteiger partial charge in [0, 0.05) is 0 Å². The third-order valence-electron chi connectivity index (χ3n) is 3.11. The first-order valence-electron chi connectivity index (χ1n) is 6.17. The second-order valence-corrected chi connectivity index (χ2v) is 4.63. The Balaban J connectivity index is 1.95. The summed E-state index contributed by atoms with van der Waals surface area (Å²) in [5.41, 5.74) is 0.0547. The van der Waals surface area contributed by atoms with Gasteiger partial charge >= 0.3 is 5.97 Å². The average molecular weight is 268 g/mol. The number of aromatic nitrogens is 3. The lowest BCUT2D eigenvalue weighted by Gasteiger charge is -2.27. The molecule has 19 heavy (non-hydrogen) atoms. The maximum atomic E-state index is 11.9. The monoisotopic (exact) mass is 268 g/mol. The van der Waals surface area contributed by atoms with Crippen LogP contribution in [0.5, 0.6) is 0 Å². The molecule has 0 bridgehead atoms. The highest BCUT2D eigenvalue weighted by Crippen LogP contribution is 2.18. The van der Waals surface area contributed by atoms with Crippen molar-refractivity contribution in [3.05, 3.63) is 11.9 Å². The largest absolute Gasteiger partial charge is 0.480 e. The van der Waals surface area contributed by atoms with E-state index in [9.17, 15) is 14.7 Å². The van der Waals surface area contributed by atoms with Gasteiger partial charge in [-0.15, -0.1) is 5.10 Å². The molecule has 104 valence electrons. The van der Waals surface area contributed by atoms with E-state index in [4.69, 9.17) is 5.11 Å². The molecule has 0 spiro atoms. The Kier molecular flexibility index (Phi) is 4.10. The molecule has 1 saturated carbocycles. The number of nitrogens with zero attached hydrogens (tertiary/aromatic N) is 3. The number of nitrogens with one attached hydrogen (secondary N) is 1. The van der Waals surface area contributed by atoms with Gasteiger partial charge in [-0.05, 0) is 12.8 Å². The lowest BCUT2D eigenvalue weighted by Crippen LogP contribution is -2.45. The summed E-state index contributed by atoms with van der Waals surface area (Å²) in [6.45, 7) is -0.341. The van der Waals surface area contributed by atoms with Crippen molar-refractivity contribution < 1.29 is 19.8 Å². The molecule has 2 atom stereocenters. The summed E-state index contributed by atoms with van der Waals surface area (Å²) in [4.78, 5) is 22.4. The van der Waals surface area contributed by atoms with Crippen molar-refractivity contribution in [2.75, 3.05) is 0 Å². The van der Waals surface area contributed by atoms with E-state index in [0.29, 0.717) is 6.42 Å². The molecule has 2 rings (SSSR count). The molecule has 0 aliphatic heterocycles. The number of aliphatic hydroxyl groups excluding tert-OH is 1. The molecule has 1 aromatic heterocycles. The van der Waals surface area contributed by atoms with Crippen molar-refractivity contribution in [3.63, 3.8) is 0 Å². The van der Waals surface area contributed by atoms with Gasteiger partial charge in [-0.2, -0.15) is 0 Å². The molecule has 1 heterocycles. The maximum absolute atomic E-state index is 11.9. The molecular weight excluding hydrogens is 252 g/mol. The molecule has 1 fully saturated rings. The van der Waals surface area contributed by atoms with Gasteiger partial charge < -0.3 is 15.5 Å². The summed E-state index contributed by atoms with van der Waals surface area (Å²) in [5, 5.41) is 28.2. The summed E-state index contributed by atoms with van der Waals surface area (Å²) in [6, 6.07) is -0.272. The van der Waals surface area contributed by atoms with Gasteiger partial charge in [0.2, 0.25) is 0 Å². The molecule has 0 radical (unpaired) electrons. The molecular formula is C11H16N4O4. The van der Waals surface area contributed by atoms with Crippen LogP contribution in [0, 0.1) is 0 Å². The first kappa shape index (κ1) is 13.5. The van der Waals surface area contributed by atoms with Gasteiger partial charge in [0.15, 0.2) is 5.69 Å². The number of carboxylic acids is 1. The van der Waals surface area contributed by atoms with Gasteiger partial charge in [0.05, 0.1) is 18.3 Å². The molecule has 2 unspecified atom stereocenters. The normalized spacial score (nSPS) is 23.0. The van der Waals surface area contributed by atoms with E-state index >= 15 is 0 Å². The quantitative estimate of drug-likeness (QED) is 0.671. The van der Waals surface area contributed by atoms with Crippen LogP contribution in [-0.2, 0) is 11.3 Å². The van der Waals surface area contributed by atoms with Crippen LogP contribution >= 0.6 is 0 Å². The van der Waals surface area contributed by atoms with Crippen LogP contribution in [0.1, 0.15) is 36.2 Å². The van der Waals surface area contributed by atoms with Gasteiger partial charge in [0.25, 0.3) is 5.91 Å². The first-order valence-corrected chi connectivity index (χ1v) is 6.17. The minimum absolute atomic E-state index is 0.0547. The number of aliphatic hydroxyl groups is 1. The van der Waals surface area contributed by atoms with E-state index in [0.717, 1.165) is 23.9 Å². The summed E-state index contributed by atoms with van der Waals surface area (Å²) >= 11 is 0. The van der Waals surface area contributed by atoms with Crippen LogP contribution in [0.4, 0.5) is 0 Å². The third-order valence-corrected chi connectivity index (χ3v) is 3.11. The zero-order valence-corrected chi connectivity index (χ0v) is 10.3. The van der Waals surface area contributed by atoms with Gasteiger partial charge in [-0.1, -0.05) is 18.1 Å². The summed E-state index contributed by atoms with van der Waals surface area (Å²) in [6.07, 6.45) is 4.08.